The molecule has 1 aliphatic rings. The van der Waals surface area contributed by atoms with E-state index in [1.807, 2.05) is 60.7 Å². The van der Waals surface area contributed by atoms with Gasteiger partial charge < -0.3 is 0 Å². The highest BCUT2D eigenvalue weighted by molar-refractivity contribution is 5.91. The fourth-order valence-electron chi connectivity index (χ4n) is 8.34. The summed E-state index contributed by atoms with van der Waals surface area (Å²) in [5, 5.41) is 0. The molecule has 0 amide bonds. The highest BCUT2D eigenvalue weighted by atomic mass is 15.0. The molecule has 258 valence electrons. The molecule has 9 aromatic rings. The van der Waals surface area contributed by atoms with Crippen LogP contribution in [-0.2, 0) is 5.41 Å². The van der Waals surface area contributed by atoms with Gasteiger partial charge in [0.05, 0.1) is 5.41 Å². The van der Waals surface area contributed by atoms with Gasteiger partial charge in [-0.3, -0.25) is 0 Å². The lowest BCUT2D eigenvalue weighted by Crippen LogP contribution is -2.28. The van der Waals surface area contributed by atoms with Crippen molar-refractivity contribution < 1.29 is 0 Å². The van der Waals surface area contributed by atoms with E-state index in [-0.39, 0.29) is 0 Å². The Morgan fingerprint density at radius 1 is 0.255 bits per heavy atom. The van der Waals surface area contributed by atoms with E-state index in [1.165, 1.54) is 50.1 Å². The lowest BCUT2D eigenvalue weighted by Gasteiger charge is -2.34. The first-order chi connectivity index (χ1) is 27.3. The Morgan fingerprint density at radius 3 is 1.15 bits per heavy atom. The van der Waals surface area contributed by atoms with Gasteiger partial charge in [0.25, 0.3) is 0 Å². The molecule has 0 atom stereocenters. The molecule has 55 heavy (non-hydrogen) atoms. The van der Waals surface area contributed by atoms with Gasteiger partial charge >= 0.3 is 0 Å². The first-order valence-electron chi connectivity index (χ1n) is 18.7. The Bertz CT molecular complexity index is 2680. The van der Waals surface area contributed by atoms with Gasteiger partial charge in [-0.15, -0.1) is 0 Å². The standard InChI is InChI=1S/C52H35N3/c1-5-17-37(18-6-1)49-53-50(38-19-7-2-8-20-38)55-51(54-49)39-31-29-36(30-32-39)43-25-13-14-26-44(43)40-33-34-46-45-27-15-16-28-47(45)52(48(46)35-40,41-21-9-3-10-22-41)42-23-11-4-12-24-42/h1-35H. The molecular formula is C52H35N3. The van der Waals surface area contributed by atoms with E-state index < -0.39 is 5.41 Å². The maximum Gasteiger partial charge on any atom is 0.164 e. The van der Waals surface area contributed by atoms with Crippen LogP contribution in [0.15, 0.2) is 212 Å². The van der Waals surface area contributed by atoms with E-state index in [0.29, 0.717) is 17.5 Å². The summed E-state index contributed by atoms with van der Waals surface area (Å²) in [6, 6.07) is 75.4. The lowest BCUT2D eigenvalue weighted by molar-refractivity contribution is 0.769. The van der Waals surface area contributed by atoms with Crippen molar-refractivity contribution in [2.45, 2.75) is 5.41 Å². The average molecular weight is 702 g/mol. The molecule has 0 unspecified atom stereocenters. The van der Waals surface area contributed by atoms with E-state index in [4.69, 9.17) is 15.0 Å². The zero-order valence-electron chi connectivity index (χ0n) is 30.0. The third kappa shape index (κ3) is 5.57. The van der Waals surface area contributed by atoms with Crippen molar-refractivity contribution in [1.29, 1.82) is 0 Å². The number of rotatable bonds is 7. The van der Waals surface area contributed by atoms with E-state index in [2.05, 4.69) is 152 Å². The van der Waals surface area contributed by atoms with Gasteiger partial charge in [-0.25, -0.2) is 15.0 Å². The molecule has 3 nitrogen and oxygen atoms in total. The SMILES string of the molecule is c1ccc(-c2nc(-c3ccccc3)nc(-c3ccc(-c4ccccc4-c4ccc5c(c4)C(c4ccccc4)(c4ccccc4)c4ccccc4-5)cc3)n2)cc1. The normalized spacial score (nSPS) is 12.5. The number of benzene rings is 8. The van der Waals surface area contributed by atoms with Gasteiger partial charge in [-0.1, -0.05) is 206 Å². The van der Waals surface area contributed by atoms with Crippen LogP contribution < -0.4 is 0 Å². The van der Waals surface area contributed by atoms with E-state index in [1.54, 1.807) is 0 Å². The Kier molecular flexibility index (Phi) is 8.04. The zero-order chi connectivity index (χ0) is 36.6. The molecule has 0 aliphatic heterocycles. The van der Waals surface area contributed by atoms with Crippen molar-refractivity contribution >= 4 is 0 Å². The van der Waals surface area contributed by atoms with Crippen LogP contribution in [-0.4, -0.2) is 15.0 Å². The van der Waals surface area contributed by atoms with Crippen molar-refractivity contribution in [3.05, 3.63) is 235 Å². The minimum absolute atomic E-state index is 0.456. The second-order valence-electron chi connectivity index (χ2n) is 13.9. The third-order valence-corrected chi connectivity index (χ3v) is 10.8. The minimum atomic E-state index is -0.456. The fraction of sp³-hybridized carbons (Fsp3) is 0.0192. The summed E-state index contributed by atoms with van der Waals surface area (Å²) in [5.41, 5.74) is 14.7. The summed E-state index contributed by atoms with van der Waals surface area (Å²) in [5.74, 6) is 1.95. The number of aromatic nitrogens is 3. The molecule has 1 heterocycles. The Labute approximate surface area is 321 Å². The van der Waals surface area contributed by atoms with Gasteiger partial charge in [0.1, 0.15) is 0 Å². The van der Waals surface area contributed by atoms with Crippen LogP contribution in [0.5, 0.6) is 0 Å². The van der Waals surface area contributed by atoms with Gasteiger partial charge in [-0.2, -0.15) is 0 Å². The van der Waals surface area contributed by atoms with Crippen LogP contribution in [0.2, 0.25) is 0 Å². The van der Waals surface area contributed by atoms with Gasteiger partial charge in [0, 0.05) is 16.7 Å². The van der Waals surface area contributed by atoms with Crippen molar-refractivity contribution in [1.82, 2.24) is 15.0 Å². The molecule has 0 spiro atoms. The summed E-state index contributed by atoms with van der Waals surface area (Å²) < 4.78 is 0. The number of fused-ring (bicyclic) bond motifs is 3. The molecule has 1 aliphatic carbocycles. The first kappa shape index (κ1) is 32.4. The van der Waals surface area contributed by atoms with Crippen LogP contribution in [0, 0.1) is 0 Å². The molecule has 8 aromatic carbocycles. The fourth-order valence-corrected chi connectivity index (χ4v) is 8.34. The summed E-state index contributed by atoms with van der Waals surface area (Å²) >= 11 is 0. The van der Waals surface area contributed by atoms with Crippen LogP contribution >= 0.6 is 0 Å². The van der Waals surface area contributed by atoms with Crippen molar-refractivity contribution in [3.8, 4) is 67.5 Å². The summed E-state index contributed by atoms with van der Waals surface area (Å²) in [7, 11) is 0. The number of hydrogen-bond acceptors (Lipinski definition) is 3. The first-order valence-corrected chi connectivity index (χ1v) is 18.7. The molecule has 0 bridgehead atoms. The van der Waals surface area contributed by atoms with Crippen LogP contribution in [0.4, 0.5) is 0 Å². The molecule has 3 heteroatoms. The van der Waals surface area contributed by atoms with Crippen molar-refractivity contribution in [2.24, 2.45) is 0 Å². The van der Waals surface area contributed by atoms with Crippen molar-refractivity contribution in [2.75, 3.05) is 0 Å². The molecule has 0 N–H and O–H groups in total. The largest absolute Gasteiger partial charge is 0.208 e. The monoisotopic (exact) mass is 701 g/mol. The van der Waals surface area contributed by atoms with Gasteiger partial charge in [-0.05, 0) is 61.7 Å². The number of nitrogens with zero attached hydrogens (tertiary/aromatic N) is 3. The zero-order valence-corrected chi connectivity index (χ0v) is 30.0. The smallest absolute Gasteiger partial charge is 0.164 e. The maximum absolute atomic E-state index is 4.96. The second kappa shape index (κ2) is 13.6. The second-order valence-corrected chi connectivity index (χ2v) is 13.9. The van der Waals surface area contributed by atoms with E-state index in [0.717, 1.165) is 22.3 Å². The van der Waals surface area contributed by atoms with Crippen LogP contribution in [0.25, 0.3) is 67.5 Å². The highest BCUT2D eigenvalue weighted by Crippen LogP contribution is 2.56. The predicted molar refractivity (Wildman–Crippen MR) is 224 cm³/mol. The molecule has 0 saturated carbocycles. The highest BCUT2D eigenvalue weighted by Gasteiger charge is 2.46. The van der Waals surface area contributed by atoms with Crippen LogP contribution in [0.1, 0.15) is 22.3 Å². The quantitative estimate of drug-likeness (QED) is 0.166. The van der Waals surface area contributed by atoms with E-state index in [9.17, 15) is 0 Å². The molecular weight excluding hydrogens is 667 g/mol. The maximum atomic E-state index is 4.96. The number of hydrogen-bond donors (Lipinski definition) is 0. The Hall–Kier alpha value is -7.23. The molecule has 0 fully saturated rings. The van der Waals surface area contributed by atoms with Gasteiger partial charge in [0.2, 0.25) is 0 Å². The topological polar surface area (TPSA) is 38.7 Å². The molecule has 10 rings (SSSR count). The molecule has 0 radical (unpaired) electrons. The summed E-state index contributed by atoms with van der Waals surface area (Å²) in [6.45, 7) is 0. The summed E-state index contributed by atoms with van der Waals surface area (Å²) in [6.07, 6.45) is 0. The molecule has 1 aromatic heterocycles. The van der Waals surface area contributed by atoms with Crippen LogP contribution in [0.3, 0.4) is 0 Å². The lowest BCUT2D eigenvalue weighted by atomic mass is 9.67. The van der Waals surface area contributed by atoms with Crippen molar-refractivity contribution in [3.63, 3.8) is 0 Å². The Balaban J connectivity index is 1.09. The van der Waals surface area contributed by atoms with Gasteiger partial charge in [0.15, 0.2) is 17.5 Å². The van der Waals surface area contributed by atoms with E-state index >= 15 is 0 Å². The minimum Gasteiger partial charge on any atom is -0.208 e. The third-order valence-electron chi connectivity index (χ3n) is 10.8. The molecule has 0 saturated heterocycles. The Morgan fingerprint density at radius 2 is 0.618 bits per heavy atom. The average Bonchev–Trinajstić information content (AvgIpc) is 3.58. The predicted octanol–water partition coefficient (Wildman–Crippen LogP) is 12.6. The summed E-state index contributed by atoms with van der Waals surface area (Å²) in [4.78, 5) is 14.8.